The van der Waals surface area contributed by atoms with Crippen molar-refractivity contribution in [3.05, 3.63) is 25.1 Å². The van der Waals surface area contributed by atoms with Crippen molar-refractivity contribution in [3.8, 4) is 17.2 Å². The molecule has 3 nitrogen and oxygen atoms in total. The maximum absolute atomic E-state index is 5.38. The molecule has 0 fully saturated rings. The van der Waals surface area contributed by atoms with Gasteiger partial charge in [0.2, 0.25) is 6.79 Å². The summed E-state index contributed by atoms with van der Waals surface area (Å²) in [5, 5.41) is 0. The molecule has 0 spiro atoms. The first-order valence-corrected chi connectivity index (χ1v) is 4.22. The van der Waals surface area contributed by atoms with Crippen LogP contribution >= 0.6 is 0 Å². The highest BCUT2D eigenvalue weighted by Crippen LogP contribution is 2.34. The molecule has 1 aromatic carbocycles. The van der Waals surface area contributed by atoms with Gasteiger partial charge in [0.05, 0.1) is 6.61 Å². The van der Waals surface area contributed by atoms with E-state index in [1.54, 1.807) is 0 Å². The van der Waals surface area contributed by atoms with Crippen LogP contribution in [0.3, 0.4) is 0 Å². The first kappa shape index (κ1) is 8.23. The molecule has 1 radical (unpaired) electrons. The zero-order valence-corrected chi connectivity index (χ0v) is 7.29. The highest BCUT2D eigenvalue weighted by Gasteiger charge is 2.13. The lowest BCUT2D eigenvalue weighted by Crippen LogP contribution is -1.94. The molecule has 13 heavy (non-hydrogen) atoms. The smallest absolute Gasteiger partial charge is 0.231 e. The lowest BCUT2D eigenvalue weighted by molar-refractivity contribution is 0.173. The molecule has 0 aliphatic carbocycles. The summed E-state index contributed by atoms with van der Waals surface area (Å²) in [4.78, 5) is 0. The number of benzene rings is 1. The second kappa shape index (κ2) is 3.56. The molecule has 1 aliphatic rings. The summed E-state index contributed by atoms with van der Waals surface area (Å²) in [6.45, 7) is 4.62. The van der Waals surface area contributed by atoms with Crippen LogP contribution in [-0.4, -0.2) is 13.4 Å². The van der Waals surface area contributed by atoms with Gasteiger partial charge in [-0.1, -0.05) is 0 Å². The van der Waals surface area contributed by atoms with Crippen LogP contribution in [-0.2, 0) is 0 Å². The standard InChI is InChI=1S/C10H11O3/c1-2-5-11-8-3-4-9-10(6-8)13-7-12-9/h3-4,6H,1-2,5,7H2. The Morgan fingerprint density at radius 2 is 2.15 bits per heavy atom. The average molecular weight is 179 g/mol. The topological polar surface area (TPSA) is 27.7 Å². The van der Waals surface area contributed by atoms with Crippen LogP contribution in [0.4, 0.5) is 0 Å². The van der Waals surface area contributed by atoms with Crippen LogP contribution in [0.15, 0.2) is 18.2 Å². The van der Waals surface area contributed by atoms with Crippen molar-refractivity contribution in [3.63, 3.8) is 0 Å². The van der Waals surface area contributed by atoms with E-state index < -0.39 is 0 Å². The Kier molecular flexibility index (Phi) is 2.25. The van der Waals surface area contributed by atoms with Gasteiger partial charge in [-0.25, -0.2) is 0 Å². The van der Waals surface area contributed by atoms with Crippen LogP contribution < -0.4 is 14.2 Å². The van der Waals surface area contributed by atoms with Gasteiger partial charge in [-0.15, -0.1) is 0 Å². The Morgan fingerprint density at radius 3 is 3.00 bits per heavy atom. The fraction of sp³-hybridized carbons (Fsp3) is 0.300. The van der Waals surface area contributed by atoms with Crippen LogP contribution in [0.1, 0.15) is 6.42 Å². The first-order valence-electron chi connectivity index (χ1n) is 4.22. The summed E-state index contributed by atoms with van der Waals surface area (Å²) in [5.41, 5.74) is 0. The summed E-state index contributed by atoms with van der Waals surface area (Å²) >= 11 is 0. The third-order valence-electron chi connectivity index (χ3n) is 1.76. The molecule has 0 saturated carbocycles. The van der Waals surface area contributed by atoms with E-state index in [1.165, 1.54) is 0 Å². The Bertz CT molecular complexity index is 296. The second-order valence-electron chi connectivity index (χ2n) is 2.72. The van der Waals surface area contributed by atoms with Crippen molar-refractivity contribution in [2.75, 3.05) is 13.4 Å². The largest absolute Gasteiger partial charge is 0.493 e. The molecule has 3 heteroatoms. The number of rotatable bonds is 3. The molecule has 0 amide bonds. The number of ether oxygens (including phenoxy) is 3. The molecule has 1 aromatic rings. The quantitative estimate of drug-likeness (QED) is 0.710. The van der Waals surface area contributed by atoms with Crippen molar-refractivity contribution < 1.29 is 14.2 Å². The van der Waals surface area contributed by atoms with E-state index in [2.05, 4.69) is 6.92 Å². The predicted molar refractivity (Wildman–Crippen MR) is 48.0 cm³/mol. The second-order valence-corrected chi connectivity index (χ2v) is 2.72. The minimum absolute atomic E-state index is 0.300. The Hall–Kier alpha value is -1.38. The maximum Gasteiger partial charge on any atom is 0.231 e. The minimum Gasteiger partial charge on any atom is -0.493 e. The summed E-state index contributed by atoms with van der Waals surface area (Å²) in [6, 6.07) is 5.54. The van der Waals surface area contributed by atoms with Gasteiger partial charge < -0.3 is 14.2 Å². The molecule has 2 rings (SSSR count). The number of hydrogen-bond acceptors (Lipinski definition) is 3. The van der Waals surface area contributed by atoms with Crippen molar-refractivity contribution in [2.45, 2.75) is 6.42 Å². The Balaban J connectivity index is 2.12. The normalized spacial score (nSPS) is 13.0. The van der Waals surface area contributed by atoms with Crippen molar-refractivity contribution in [1.29, 1.82) is 0 Å². The lowest BCUT2D eigenvalue weighted by atomic mass is 10.3. The first-order chi connectivity index (χ1) is 6.40. The van der Waals surface area contributed by atoms with Gasteiger partial charge in [0.1, 0.15) is 5.75 Å². The third kappa shape index (κ3) is 1.69. The van der Waals surface area contributed by atoms with Crippen LogP contribution in [0, 0.1) is 6.92 Å². The van der Waals surface area contributed by atoms with E-state index in [-0.39, 0.29) is 0 Å². The molecule has 0 aromatic heterocycles. The van der Waals surface area contributed by atoms with E-state index in [1.807, 2.05) is 18.2 Å². The summed E-state index contributed by atoms with van der Waals surface area (Å²) < 4.78 is 15.8. The van der Waals surface area contributed by atoms with E-state index in [0.717, 1.165) is 23.7 Å². The molecule has 1 aliphatic heterocycles. The zero-order valence-electron chi connectivity index (χ0n) is 7.29. The monoisotopic (exact) mass is 179 g/mol. The Labute approximate surface area is 77.2 Å². The van der Waals surface area contributed by atoms with E-state index in [4.69, 9.17) is 14.2 Å². The van der Waals surface area contributed by atoms with Gasteiger partial charge in [0.15, 0.2) is 11.5 Å². The molecule has 0 unspecified atom stereocenters. The van der Waals surface area contributed by atoms with Crippen molar-refractivity contribution in [2.24, 2.45) is 0 Å². The maximum atomic E-state index is 5.38. The number of fused-ring (bicyclic) bond motifs is 1. The van der Waals surface area contributed by atoms with E-state index in [0.29, 0.717) is 13.4 Å². The molecule has 0 saturated heterocycles. The van der Waals surface area contributed by atoms with Gasteiger partial charge in [-0.3, -0.25) is 0 Å². The fourth-order valence-electron chi connectivity index (χ4n) is 1.16. The molecule has 69 valence electrons. The zero-order chi connectivity index (χ0) is 9.10. The fourth-order valence-corrected chi connectivity index (χ4v) is 1.16. The highest BCUT2D eigenvalue weighted by atomic mass is 16.7. The Morgan fingerprint density at radius 1 is 1.31 bits per heavy atom. The molecule has 1 heterocycles. The van der Waals surface area contributed by atoms with Gasteiger partial charge in [-0.05, 0) is 25.5 Å². The summed E-state index contributed by atoms with van der Waals surface area (Å²) in [5.74, 6) is 2.33. The van der Waals surface area contributed by atoms with Crippen molar-refractivity contribution in [1.82, 2.24) is 0 Å². The van der Waals surface area contributed by atoms with Crippen LogP contribution in [0.25, 0.3) is 0 Å². The van der Waals surface area contributed by atoms with Gasteiger partial charge in [-0.2, -0.15) is 0 Å². The minimum atomic E-state index is 0.300. The van der Waals surface area contributed by atoms with E-state index in [9.17, 15) is 0 Å². The van der Waals surface area contributed by atoms with Gasteiger partial charge in [0.25, 0.3) is 0 Å². The SMILES string of the molecule is [CH2]CCOc1ccc2c(c1)OCO2. The highest BCUT2D eigenvalue weighted by molar-refractivity contribution is 5.46. The number of hydrogen-bond donors (Lipinski definition) is 0. The van der Waals surface area contributed by atoms with Gasteiger partial charge in [0, 0.05) is 6.07 Å². The molecular weight excluding hydrogens is 168 g/mol. The predicted octanol–water partition coefficient (Wildman–Crippen LogP) is 2.02. The van der Waals surface area contributed by atoms with E-state index >= 15 is 0 Å². The van der Waals surface area contributed by atoms with Crippen LogP contribution in [0.5, 0.6) is 17.2 Å². The van der Waals surface area contributed by atoms with Gasteiger partial charge >= 0.3 is 0 Å². The third-order valence-corrected chi connectivity index (χ3v) is 1.76. The average Bonchev–Trinajstić information content (AvgIpc) is 2.61. The molecule has 0 bridgehead atoms. The summed E-state index contributed by atoms with van der Waals surface area (Å²) in [7, 11) is 0. The van der Waals surface area contributed by atoms with Crippen LogP contribution in [0.2, 0.25) is 0 Å². The molecular formula is C10H11O3. The molecule has 0 N–H and O–H groups in total. The van der Waals surface area contributed by atoms with Crippen molar-refractivity contribution >= 4 is 0 Å². The summed E-state index contributed by atoms with van der Waals surface area (Å²) in [6.07, 6.45) is 0.758. The lowest BCUT2D eigenvalue weighted by Gasteiger charge is -2.04. The molecule has 0 atom stereocenters.